The van der Waals surface area contributed by atoms with E-state index in [-0.39, 0.29) is 6.04 Å². The van der Waals surface area contributed by atoms with Crippen LogP contribution in [0.1, 0.15) is 31.0 Å². The van der Waals surface area contributed by atoms with Crippen LogP contribution in [-0.2, 0) is 6.42 Å². The maximum absolute atomic E-state index is 6.46. The monoisotopic (exact) mass is 469 g/mol. The Morgan fingerprint density at radius 1 is 0.943 bits per heavy atom. The molecule has 0 aliphatic heterocycles. The van der Waals surface area contributed by atoms with E-state index in [1.54, 1.807) is 6.20 Å². The van der Waals surface area contributed by atoms with Gasteiger partial charge in [0.25, 0.3) is 0 Å². The molecule has 0 aliphatic carbocycles. The summed E-state index contributed by atoms with van der Waals surface area (Å²) in [6, 6.07) is 14.2. The second kappa shape index (κ2) is 10.2. The van der Waals surface area contributed by atoms with E-state index in [0.29, 0.717) is 18.8 Å². The standard InChI is InChI=1S/C28H31N5O2/c1-3-4-9-34-23-6-8-27-26(13-23)21(15-31-27)10-22(29)17-35-24-11-20(14-30-16-24)19-5-7-28-25(12-19)18(2)32-33-28/h5-8,11-16,22,31H,3-4,9-10,17,29H2,1-2H3,(H,32,33). The van der Waals surface area contributed by atoms with Crippen LogP contribution in [0.25, 0.3) is 32.9 Å². The van der Waals surface area contributed by atoms with Crippen LogP contribution in [0.2, 0.25) is 0 Å². The molecule has 3 aromatic heterocycles. The largest absolute Gasteiger partial charge is 0.494 e. The molecule has 2 aromatic carbocycles. The molecule has 0 radical (unpaired) electrons. The zero-order valence-corrected chi connectivity index (χ0v) is 20.2. The minimum atomic E-state index is -0.160. The number of fused-ring (bicyclic) bond motifs is 2. The summed E-state index contributed by atoms with van der Waals surface area (Å²) in [7, 11) is 0. The highest BCUT2D eigenvalue weighted by molar-refractivity contribution is 5.86. The molecule has 0 saturated carbocycles. The fraction of sp³-hybridized carbons (Fsp3) is 0.286. The van der Waals surface area contributed by atoms with Gasteiger partial charge in [0.05, 0.1) is 24.0 Å². The van der Waals surface area contributed by atoms with Gasteiger partial charge in [-0.2, -0.15) is 5.10 Å². The third-order valence-electron chi connectivity index (χ3n) is 6.25. The number of rotatable bonds is 10. The third kappa shape index (κ3) is 5.15. The van der Waals surface area contributed by atoms with Crippen LogP contribution in [0.4, 0.5) is 0 Å². The van der Waals surface area contributed by atoms with E-state index in [9.17, 15) is 0 Å². The number of unbranched alkanes of at least 4 members (excludes halogenated alkanes) is 1. The van der Waals surface area contributed by atoms with Crippen molar-refractivity contribution in [1.82, 2.24) is 20.2 Å². The first-order valence-corrected chi connectivity index (χ1v) is 12.1. The fourth-order valence-electron chi connectivity index (χ4n) is 4.28. The van der Waals surface area contributed by atoms with E-state index in [1.165, 1.54) is 0 Å². The van der Waals surface area contributed by atoms with Gasteiger partial charge >= 0.3 is 0 Å². The lowest BCUT2D eigenvalue weighted by molar-refractivity contribution is 0.287. The van der Waals surface area contributed by atoms with Gasteiger partial charge in [-0.3, -0.25) is 10.1 Å². The second-order valence-electron chi connectivity index (χ2n) is 8.98. The van der Waals surface area contributed by atoms with Crippen LogP contribution in [0.5, 0.6) is 11.5 Å². The first kappa shape index (κ1) is 22.9. The summed E-state index contributed by atoms with van der Waals surface area (Å²) < 4.78 is 11.9. The highest BCUT2D eigenvalue weighted by Gasteiger charge is 2.12. The SMILES string of the molecule is CCCCOc1ccc2[nH]cc(CC(N)COc3cncc(-c4ccc5[nH]nc(C)c5c4)c3)c2c1. The quantitative estimate of drug-likeness (QED) is 0.233. The van der Waals surface area contributed by atoms with Crippen LogP contribution in [0.3, 0.4) is 0 Å². The Hall–Kier alpha value is -3.84. The van der Waals surface area contributed by atoms with Gasteiger partial charge in [-0.1, -0.05) is 19.4 Å². The number of nitrogens with zero attached hydrogens (tertiary/aromatic N) is 2. The number of ether oxygens (including phenoxy) is 2. The smallest absolute Gasteiger partial charge is 0.138 e. The number of aromatic amines is 2. The molecule has 7 nitrogen and oxygen atoms in total. The van der Waals surface area contributed by atoms with Crippen molar-refractivity contribution >= 4 is 21.8 Å². The average Bonchev–Trinajstić information content (AvgIpc) is 3.46. The van der Waals surface area contributed by atoms with Gasteiger partial charge in [-0.15, -0.1) is 0 Å². The molecular weight excluding hydrogens is 438 g/mol. The Bertz CT molecular complexity index is 1440. The Kier molecular flexibility index (Phi) is 6.68. The molecule has 5 rings (SSSR count). The summed E-state index contributed by atoms with van der Waals surface area (Å²) in [6.45, 7) is 5.28. The van der Waals surface area contributed by atoms with Crippen LogP contribution in [-0.4, -0.2) is 39.4 Å². The summed E-state index contributed by atoms with van der Waals surface area (Å²) >= 11 is 0. The number of aromatic nitrogens is 4. The van der Waals surface area contributed by atoms with E-state index >= 15 is 0 Å². The van der Waals surface area contributed by atoms with E-state index < -0.39 is 0 Å². The molecule has 1 unspecified atom stereocenters. The second-order valence-corrected chi connectivity index (χ2v) is 8.98. The summed E-state index contributed by atoms with van der Waals surface area (Å²) in [5, 5.41) is 9.57. The zero-order chi connectivity index (χ0) is 24.2. The van der Waals surface area contributed by atoms with Gasteiger partial charge in [-0.05, 0) is 67.3 Å². The Labute approximate surface area is 204 Å². The van der Waals surface area contributed by atoms with E-state index in [2.05, 4.69) is 51.4 Å². The first-order chi connectivity index (χ1) is 17.1. The Morgan fingerprint density at radius 3 is 2.71 bits per heavy atom. The van der Waals surface area contributed by atoms with E-state index in [1.807, 2.05) is 37.5 Å². The van der Waals surface area contributed by atoms with Crippen molar-refractivity contribution in [2.45, 2.75) is 39.2 Å². The molecule has 0 aliphatic rings. The lowest BCUT2D eigenvalue weighted by Crippen LogP contribution is -2.30. The highest BCUT2D eigenvalue weighted by Crippen LogP contribution is 2.28. The molecule has 4 N–H and O–H groups in total. The summed E-state index contributed by atoms with van der Waals surface area (Å²) in [5.41, 5.74) is 12.8. The normalized spacial score (nSPS) is 12.3. The molecule has 3 heterocycles. The minimum absolute atomic E-state index is 0.160. The molecule has 0 bridgehead atoms. The van der Waals surface area contributed by atoms with Crippen molar-refractivity contribution in [1.29, 1.82) is 0 Å². The molecule has 0 fully saturated rings. The van der Waals surface area contributed by atoms with Crippen molar-refractivity contribution in [3.05, 3.63) is 72.3 Å². The van der Waals surface area contributed by atoms with Crippen molar-refractivity contribution in [2.75, 3.05) is 13.2 Å². The lowest BCUT2D eigenvalue weighted by Gasteiger charge is -2.14. The van der Waals surface area contributed by atoms with Gasteiger partial charge in [0.15, 0.2) is 0 Å². The molecule has 7 heteroatoms. The summed E-state index contributed by atoms with van der Waals surface area (Å²) in [5.74, 6) is 1.59. The van der Waals surface area contributed by atoms with Crippen molar-refractivity contribution in [3.63, 3.8) is 0 Å². The van der Waals surface area contributed by atoms with Crippen molar-refractivity contribution in [3.8, 4) is 22.6 Å². The predicted molar refractivity (Wildman–Crippen MR) is 140 cm³/mol. The first-order valence-electron chi connectivity index (χ1n) is 12.1. The highest BCUT2D eigenvalue weighted by atomic mass is 16.5. The molecule has 35 heavy (non-hydrogen) atoms. The average molecular weight is 470 g/mol. The maximum atomic E-state index is 6.46. The number of benzene rings is 2. The van der Waals surface area contributed by atoms with Gasteiger partial charge in [0.2, 0.25) is 0 Å². The fourth-order valence-corrected chi connectivity index (χ4v) is 4.28. The zero-order valence-electron chi connectivity index (χ0n) is 20.2. The molecular formula is C28H31N5O2. The molecule has 5 aromatic rings. The van der Waals surface area contributed by atoms with Gasteiger partial charge < -0.3 is 20.2 Å². The molecule has 0 spiro atoms. The third-order valence-corrected chi connectivity index (χ3v) is 6.25. The van der Waals surface area contributed by atoms with Crippen LogP contribution in [0, 0.1) is 6.92 Å². The number of nitrogens with two attached hydrogens (primary N) is 1. The predicted octanol–water partition coefficient (Wildman–Crippen LogP) is 5.54. The van der Waals surface area contributed by atoms with Crippen LogP contribution < -0.4 is 15.2 Å². The Balaban J connectivity index is 1.24. The number of H-pyrrole nitrogens is 2. The maximum Gasteiger partial charge on any atom is 0.138 e. The summed E-state index contributed by atoms with van der Waals surface area (Å²) in [4.78, 5) is 7.71. The van der Waals surface area contributed by atoms with Crippen molar-refractivity contribution in [2.24, 2.45) is 5.73 Å². The molecule has 0 amide bonds. The Morgan fingerprint density at radius 2 is 1.83 bits per heavy atom. The molecule has 0 saturated heterocycles. The van der Waals surface area contributed by atoms with Gasteiger partial charge in [-0.25, -0.2) is 0 Å². The van der Waals surface area contributed by atoms with Crippen LogP contribution in [0.15, 0.2) is 61.1 Å². The number of hydrogen-bond acceptors (Lipinski definition) is 5. The van der Waals surface area contributed by atoms with Crippen molar-refractivity contribution < 1.29 is 9.47 Å². The van der Waals surface area contributed by atoms with Crippen LogP contribution >= 0.6 is 0 Å². The number of pyridine rings is 1. The van der Waals surface area contributed by atoms with E-state index in [0.717, 1.165) is 69.4 Å². The summed E-state index contributed by atoms with van der Waals surface area (Å²) in [6.07, 6.45) is 8.45. The van der Waals surface area contributed by atoms with Gasteiger partial charge in [0.1, 0.15) is 18.1 Å². The molecule has 180 valence electrons. The van der Waals surface area contributed by atoms with E-state index in [4.69, 9.17) is 15.2 Å². The number of nitrogens with one attached hydrogen (secondary N) is 2. The molecule has 1 atom stereocenters. The number of hydrogen-bond donors (Lipinski definition) is 3. The topological polar surface area (TPSA) is 102 Å². The number of aryl methyl sites for hydroxylation is 1. The minimum Gasteiger partial charge on any atom is -0.494 e. The van der Waals surface area contributed by atoms with Gasteiger partial charge in [0, 0.05) is 40.3 Å². The lowest BCUT2D eigenvalue weighted by atomic mass is 10.0.